The number of nitrogens with zero attached hydrogens (tertiary/aromatic N) is 2. The lowest BCUT2D eigenvalue weighted by molar-refractivity contribution is 0.0950. The fraction of sp³-hybridized carbons (Fsp3) is 0.600. The van der Waals surface area contributed by atoms with E-state index in [4.69, 9.17) is 0 Å². The molecule has 9 heteroatoms. The lowest BCUT2D eigenvalue weighted by atomic mass is 10.0. The predicted octanol–water partition coefficient (Wildman–Crippen LogP) is 3.09. The molecular formula is C25H36N4O4S. The molecule has 186 valence electrons. The lowest BCUT2D eigenvalue weighted by Crippen LogP contribution is -2.41. The van der Waals surface area contributed by atoms with E-state index in [0.29, 0.717) is 30.0 Å². The van der Waals surface area contributed by atoms with Crippen LogP contribution < -0.4 is 10.9 Å². The van der Waals surface area contributed by atoms with E-state index >= 15 is 0 Å². The smallest absolute Gasteiger partial charge is 0.252 e. The van der Waals surface area contributed by atoms with Gasteiger partial charge in [0.2, 0.25) is 15.6 Å². The molecule has 2 unspecified atom stereocenters. The summed E-state index contributed by atoms with van der Waals surface area (Å²) in [6, 6.07) is 6.37. The number of piperidine rings is 2. The summed E-state index contributed by atoms with van der Waals surface area (Å²) in [5, 5.41) is 3.36. The number of likely N-dealkylation sites (tertiary alicyclic amines) is 1. The molecule has 0 spiro atoms. The average molecular weight is 489 g/mol. The molecule has 2 atom stereocenters. The van der Waals surface area contributed by atoms with Crippen molar-refractivity contribution >= 4 is 26.8 Å². The summed E-state index contributed by atoms with van der Waals surface area (Å²) in [6.07, 6.45) is 7.23. The molecule has 1 aromatic heterocycles. The number of carbonyl (C=O) groups excluding carboxylic acids is 1. The highest BCUT2D eigenvalue weighted by Gasteiger charge is 2.31. The Morgan fingerprint density at radius 2 is 1.79 bits per heavy atom. The maximum Gasteiger partial charge on any atom is 0.252 e. The molecule has 0 saturated carbocycles. The lowest BCUT2D eigenvalue weighted by Gasteiger charge is -2.33. The zero-order chi connectivity index (χ0) is 24.3. The van der Waals surface area contributed by atoms with Gasteiger partial charge >= 0.3 is 0 Å². The molecule has 2 aromatic rings. The van der Waals surface area contributed by atoms with E-state index in [0.717, 1.165) is 38.8 Å². The first-order valence-electron chi connectivity index (χ1n) is 12.5. The van der Waals surface area contributed by atoms with Gasteiger partial charge in [0, 0.05) is 48.7 Å². The fourth-order valence-corrected chi connectivity index (χ4v) is 6.94. The van der Waals surface area contributed by atoms with Crippen LogP contribution in [0.4, 0.5) is 0 Å². The van der Waals surface area contributed by atoms with Crippen LogP contribution in [0.2, 0.25) is 0 Å². The minimum Gasteiger partial charge on any atom is -0.352 e. The number of amides is 1. The molecule has 2 aliphatic heterocycles. The summed E-state index contributed by atoms with van der Waals surface area (Å²) < 4.78 is 28.2. The van der Waals surface area contributed by atoms with Crippen molar-refractivity contribution in [2.24, 2.45) is 0 Å². The maximum atomic E-state index is 13.3. The number of nitrogens with one attached hydrogen (secondary N) is 2. The zero-order valence-corrected chi connectivity index (χ0v) is 21.0. The van der Waals surface area contributed by atoms with Crippen LogP contribution in [0.1, 0.15) is 69.2 Å². The highest BCUT2D eigenvalue weighted by Crippen LogP contribution is 2.27. The summed E-state index contributed by atoms with van der Waals surface area (Å²) in [7, 11) is -3.69. The highest BCUT2D eigenvalue weighted by molar-refractivity contribution is 7.89. The largest absolute Gasteiger partial charge is 0.352 e. The SMILES string of the molecule is CC1CCCCN1CCCNC(=O)c1cc(=O)[nH]c2ccc(S(=O)(=O)N3CCCCC3C)cc12. The van der Waals surface area contributed by atoms with E-state index in [1.165, 1.54) is 37.5 Å². The Morgan fingerprint density at radius 3 is 2.53 bits per heavy atom. The van der Waals surface area contributed by atoms with Crippen molar-refractivity contribution in [1.82, 2.24) is 19.5 Å². The second-order valence-corrected chi connectivity index (χ2v) is 11.6. The number of sulfonamides is 1. The van der Waals surface area contributed by atoms with Gasteiger partial charge in [-0.2, -0.15) is 4.31 Å². The molecule has 4 rings (SSSR count). The summed E-state index contributed by atoms with van der Waals surface area (Å²) in [4.78, 5) is 30.5. The summed E-state index contributed by atoms with van der Waals surface area (Å²) >= 11 is 0. The number of hydrogen-bond donors (Lipinski definition) is 2. The highest BCUT2D eigenvalue weighted by atomic mass is 32.2. The Balaban J connectivity index is 1.52. The third kappa shape index (κ3) is 5.37. The standard InChI is InChI=1S/C25H36N4O4S/c1-18-8-3-5-13-28(18)14-7-12-26-25(31)22-17-24(30)27-23-11-10-20(16-21(22)23)34(32,33)29-15-6-4-9-19(29)2/h10-11,16-19H,3-9,12-15H2,1-2H3,(H,26,31)(H,27,30). The summed E-state index contributed by atoms with van der Waals surface area (Å²) in [5.41, 5.74) is 0.263. The van der Waals surface area contributed by atoms with Gasteiger partial charge in [-0.05, 0) is 70.7 Å². The van der Waals surface area contributed by atoms with Gasteiger partial charge in [-0.15, -0.1) is 0 Å². The van der Waals surface area contributed by atoms with E-state index in [1.54, 1.807) is 10.4 Å². The van der Waals surface area contributed by atoms with E-state index in [1.807, 2.05) is 6.92 Å². The number of H-pyrrole nitrogens is 1. The molecule has 1 aromatic carbocycles. The number of fused-ring (bicyclic) bond motifs is 1. The van der Waals surface area contributed by atoms with Crippen molar-refractivity contribution in [3.63, 3.8) is 0 Å². The Morgan fingerprint density at radius 1 is 1.06 bits per heavy atom. The average Bonchev–Trinajstić information content (AvgIpc) is 2.82. The number of aromatic amines is 1. The molecule has 34 heavy (non-hydrogen) atoms. The number of aromatic nitrogens is 1. The van der Waals surface area contributed by atoms with Crippen LogP contribution in [-0.2, 0) is 10.0 Å². The molecule has 2 fully saturated rings. The first kappa shape index (κ1) is 24.9. The summed E-state index contributed by atoms with van der Waals surface area (Å²) in [5.74, 6) is -0.358. The van der Waals surface area contributed by atoms with Crippen LogP contribution in [0.25, 0.3) is 10.9 Å². The van der Waals surface area contributed by atoms with Crippen LogP contribution in [0.15, 0.2) is 34.0 Å². The minimum atomic E-state index is -3.69. The van der Waals surface area contributed by atoms with E-state index in [9.17, 15) is 18.0 Å². The first-order valence-corrected chi connectivity index (χ1v) is 13.9. The number of hydrogen-bond acceptors (Lipinski definition) is 5. The van der Waals surface area contributed by atoms with Gasteiger partial charge in [0.15, 0.2) is 0 Å². The third-order valence-corrected chi connectivity index (χ3v) is 9.27. The zero-order valence-electron chi connectivity index (χ0n) is 20.2. The van der Waals surface area contributed by atoms with Crippen LogP contribution in [0.5, 0.6) is 0 Å². The van der Waals surface area contributed by atoms with Crippen molar-refractivity contribution in [1.29, 1.82) is 0 Å². The Labute approximate surface area is 201 Å². The van der Waals surface area contributed by atoms with E-state index < -0.39 is 10.0 Å². The number of rotatable bonds is 7. The number of pyridine rings is 1. The second-order valence-electron chi connectivity index (χ2n) is 9.71. The molecule has 2 aliphatic rings. The van der Waals surface area contributed by atoms with Gasteiger partial charge in [0.25, 0.3) is 5.91 Å². The fourth-order valence-electron chi connectivity index (χ4n) is 5.21. The van der Waals surface area contributed by atoms with Crippen molar-refractivity contribution in [3.05, 3.63) is 40.2 Å². The Bertz CT molecular complexity index is 1190. The molecule has 2 N–H and O–H groups in total. The van der Waals surface area contributed by atoms with Crippen molar-refractivity contribution < 1.29 is 13.2 Å². The summed E-state index contributed by atoms with van der Waals surface area (Å²) in [6.45, 7) is 7.19. The van der Waals surface area contributed by atoms with Gasteiger partial charge in [-0.25, -0.2) is 8.42 Å². The minimum absolute atomic E-state index is 0.0598. The third-order valence-electron chi connectivity index (χ3n) is 7.26. The topological polar surface area (TPSA) is 103 Å². The number of carbonyl (C=O) groups is 1. The molecular weight excluding hydrogens is 452 g/mol. The van der Waals surface area contributed by atoms with Gasteiger partial charge in [-0.3, -0.25) is 9.59 Å². The van der Waals surface area contributed by atoms with E-state index in [2.05, 4.69) is 22.1 Å². The van der Waals surface area contributed by atoms with Gasteiger partial charge in [-0.1, -0.05) is 12.8 Å². The van der Waals surface area contributed by atoms with Gasteiger partial charge < -0.3 is 15.2 Å². The Kier molecular flexibility index (Phi) is 7.74. The van der Waals surface area contributed by atoms with Crippen molar-refractivity contribution in [2.75, 3.05) is 26.2 Å². The monoisotopic (exact) mass is 488 g/mol. The van der Waals surface area contributed by atoms with Crippen LogP contribution in [0, 0.1) is 0 Å². The molecule has 0 radical (unpaired) electrons. The van der Waals surface area contributed by atoms with Crippen LogP contribution >= 0.6 is 0 Å². The normalized spacial score (nSPS) is 22.6. The first-order chi connectivity index (χ1) is 16.3. The van der Waals surface area contributed by atoms with Crippen molar-refractivity contribution in [3.8, 4) is 0 Å². The van der Waals surface area contributed by atoms with Crippen molar-refractivity contribution in [2.45, 2.75) is 75.8 Å². The molecule has 0 aliphatic carbocycles. The molecule has 0 bridgehead atoms. The maximum absolute atomic E-state index is 13.3. The molecule has 1 amide bonds. The molecule has 3 heterocycles. The molecule has 8 nitrogen and oxygen atoms in total. The van der Waals surface area contributed by atoms with Gasteiger partial charge in [0.05, 0.1) is 10.5 Å². The second kappa shape index (κ2) is 10.6. The van der Waals surface area contributed by atoms with Gasteiger partial charge in [0.1, 0.15) is 0 Å². The number of benzene rings is 1. The quantitative estimate of drug-likeness (QED) is 0.583. The van der Waals surface area contributed by atoms with E-state index in [-0.39, 0.29) is 28.0 Å². The molecule has 2 saturated heterocycles. The Hall–Kier alpha value is -2.23. The predicted molar refractivity (Wildman–Crippen MR) is 134 cm³/mol. The van der Waals surface area contributed by atoms with Crippen LogP contribution in [-0.4, -0.2) is 66.8 Å². The van der Waals surface area contributed by atoms with Crippen LogP contribution in [0.3, 0.4) is 0 Å².